The fourth-order valence-corrected chi connectivity index (χ4v) is 3.73. The number of aromatic nitrogens is 2. The van der Waals surface area contributed by atoms with E-state index in [2.05, 4.69) is 62.3 Å². The summed E-state index contributed by atoms with van der Waals surface area (Å²) in [4.78, 5) is 9.99. The Morgan fingerprint density at radius 3 is 2.89 bits per heavy atom. The molecule has 4 rings (SSSR count). The number of benzene rings is 2. The molecule has 2 aromatic carbocycles. The number of thiophene rings is 1. The average Bonchev–Trinajstić information content (AvgIpc) is 2.76. The van der Waals surface area contributed by atoms with Crippen LogP contribution in [0.15, 0.2) is 47.2 Å². The Bertz CT molecular complexity index is 898. The Hall–Kier alpha value is -1.52. The van der Waals surface area contributed by atoms with Gasteiger partial charge in [0.25, 0.3) is 0 Å². The van der Waals surface area contributed by atoms with E-state index in [1.165, 1.54) is 20.9 Å². The minimum Gasteiger partial charge on any atom is -0.250 e. The van der Waals surface area contributed by atoms with Crippen molar-refractivity contribution in [2.24, 2.45) is 0 Å². The number of nitrogens with zero attached hydrogens (tertiary/aromatic N) is 2. The highest BCUT2D eigenvalue weighted by molar-refractivity contribution is 9.10. The third-order valence-corrected chi connectivity index (χ3v) is 4.47. The maximum atomic E-state index is 4.52. The molecule has 0 aliphatic rings. The van der Waals surface area contributed by atoms with Crippen molar-refractivity contribution >= 4 is 58.5 Å². The van der Waals surface area contributed by atoms with E-state index in [9.17, 15) is 0 Å². The lowest BCUT2D eigenvalue weighted by Crippen LogP contribution is -1.80. The van der Waals surface area contributed by atoms with E-state index in [1.807, 2.05) is 0 Å². The number of rotatable bonds is 0. The van der Waals surface area contributed by atoms with E-state index in [1.54, 1.807) is 17.5 Å². The summed E-state index contributed by atoms with van der Waals surface area (Å²) in [5.41, 5.74) is 0.995. The lowest BCUT2D eigenvalue weighted by Gasteiger charge is -1.99. The summed E-state index contributed by atoms with van der Waals surface area (Å²) in [7, 11) is 0. The molecule has 4 heteroatoms. The first kappa shape index (κ1) is 10.4. The second kappa shape index (κ2) is 3.73. The van der Waals surface area contributed by atoms with Gasteiger partial charge in [0.05, 0.1) is 6.20 Å². The predicted molar refractivity (Wildman–Crippen MR) is 80.1 cm³/mol. The monoisotopic (exact) mass is 314 g/mol. The molecule has 0 atom stereocenters. The second-order valence-electron chi connectivity index (χ2n) is 4.11. The van der Waals surface area contributed by atoms with Gasteiger partial charge in [-0.25, -0.2) is 4.98 Å². The van der Waals surface area contributed by atoms with E-state index < -0.39 is 0 Å². The van der Waals surface area contributed by atoms with Gasteiger partial charge in [0.1, 0.15) is 15.0 Å². The number of hydrogen-bond donors (Lipinski definition) is 0. The fourth-order valence-electron chi connectivity index (χ4n) is 2.28. The predicted octanol–water partition coefficient (Wildman–Crippen LogP) is 4.76. The van der Waals surface area contributed by atoms with Crippen LogP contribution in [0.2, 0.25) is 0 Å². The minimum absolute atomic E-state index is 0.783. The Kier molecular flexibility index (Phi) is 2.16. The van der Waals surface area contributed by atoms with Gasteiger partial charge in [-0.1, -0.05) is 30.3 Å². The summed E-state index contributed by atoms with van der Waals surface area (Å²) in [6.45, 7) is 0. The average molecular weight is 315 g/mol. The lowest BCUT2D eigenvalue weighted by atomic mass is 10.1. The zero-order valence-corrected chi connectivity index (χ0v) is 11.6. The molecule has 0 amide bonds. The van der Waals surface area contributed by atoms with E-state index in [-0.39, 0.29) is 0 Å². The van der Waals surface area contributed by atoms with Crippen LogP contribution < -0.4 is 0 Å². The van der Waals surface area contributed by atoms with Crippen LogP contribution in [0.1, 0.15) is 0 Å². The summed E-state index contributed by atoms with van der Waals surface area (Å²) in [6, 6.07) is 12.7. The van der Waals surface area contributed by atoms with Crippen LogP contribution in [0.5, 0.6) is 0 Å². The van der Waals surface area contributed by atoms with E-state index in [0.717, 1.165) is 15.0 Å². The number of hydrogen-bond acceptors (Lipinski definition) is 3. The van der Waals surface area contributed by atoms with E-state index in [0.29, 0.717) is 0 Å². The minimum atomic E-state index is 0.783. The molecule has 0 saturated carbocycles. The van der Waals surface area contributed by atoms with Gasteiger partial charge < -0.3 is 0 Å². The molecular weight excluding hydrogens is 308 g/mol. The Morgan fingerprint density at radius 1 is 1.06 bits per heavy atom. The fraction of sp³-hybridized carbons (Fsp3) is 0. The van der Waals surface area contributed by atoms with Crippen LogP contribution in [0.3, 0.4) is 0 Å². The van der Waals surface area contributed by atoms with E-state index in [4.69, 9.17) is 0 Å². The van der Waals surface area contributed by atoms with Crippen LogP contribution in [0.4, 0.5) is 0 Å². The molecule has 0 radical (unpaired) electrons. The van der Waals surface area contributed by atoms with Gasteiger partial charge in [-0.2, -0.15) is 0 Å². The Morgan fingerprint density at radius 2 is 1.94 bits per heavy atom. The van der Waals surface area contributed by atoms with Gasteiger partial charge in [0.15, 0.2) is 0 Å². The van der Waals surface area contributed by atoms with Crippen molar-refractivity contribution < 1.29 is 0 Å². The normalized spacial score (nSPS) is 11.6. The molecule has 0 spiro atoms. The molecule has 18 heavy (non-hydrogen) atoms. The third-order valence-electron chi connectivity index (χ3n) is 3.05. The maximum absolute atomic E-state index is 4.52. The van der Waals surface area contributed by atoms with Crippen molar-refractivity contribution in [2.45, 2.75) is 0 Å². The largest absolute Gasteiger partial charge is 0.250 e. The van der Waals surface area contributed by atoms with Gasteiger partial charge in [0.2, 0.25) is 0 Å². The summed E-state index contributed by atoms with van der Waals surface area (Å²) in [6.07, 6.45) is 1.76. The first-order chi connectivity index (χ1) is 8.83. The van der Waals surface area contributed by atoms with Gasteiger partial charge in [-0.3, -0.25) is 4.98 Å². The lowest BCUT2D eigenvalue weighted by molar-refractivity contribution is 1.27. The standard InChI is InChI=1S/C14H7BrN2S/c15-11-7-16-13-12-9-4-2-1-3-8(9)5-6-10(12)18-14(13)17-11/h1-7H. The quantitative estimate of drug-likeness (QED) is 0.467. The summed E-state index contributed by atoms with van der Waals surface area (Å²) in [5, 5.41) is 3.71. The van der Waals surface area contributed by atoms with Crippen LogP contribution in [0.25, 0.3) is 31.2 Å². The first-order valence-corrected chi connectivity index (χ1v) is 7.16. The van der Waals surface area contributed by atoms with Crippen LogP contribution >= 0.6 is 27.3 Å². The van der Waals surface area contributed by atoms with Crippen molar-refractivity contribution in [3.63, 3.8) is 0 Å². The van der Waals surface area contributed by atoms with Gasteiger partial charge in [0, 0.05) is 10.1 Å². The topological polar surface area (TPSA) is 25.8 Å². The van der Waals surface area contributed by atoms with Gasteiger partial charge >= 0.3 is 0 Å². The van der Waals surface area contributed by atoms with Crippen LogP contribution in [-0.2, 0) is 0 Å². The first-order valence-electron chi connectivity index (χ1n) is 5.55. The molecular formula is C14H7BrN2S. The van der Waals surface area contributed by atoms with Gasteiger partial charge in [-0.15, -0.1) is 11.3 Å². The molecule has 0 aliphatic carbocycles. The molecule has 2 aromatic heterocycles. The van der Waals surface area contributed by atoms with Gasteiger partial charge in [-0.05, 0) is 32.8 Å². The number of fused-ring (bicyclic) bond motifs is 5. The maximum Gasteiger partial charge on any atom is 0.144 e. The molecule has 2 nitrogen and oxygen atoms in total. The second-order valence-corrected chi connectivity index (χ2v) is 5.95. The summed E-state index contributed by atoms with van der Waals surface area (Å²) in [5.74, 6) is 0. The highest BCUT2D eigenvalue weighted by Gasteiger charge is 2.10. The SMILES string of the molecule is Brc1cnc2c(n1)sc1ccc3ccccc3c12. The van der Waals surface area contributed by atoms with Crippen LogP contribution in [0, 0.1) is 0 Å². The molecule has 4 aromatic rings. The van der Waals surface area contributed by atoms with E-state index >= 15 is 0 Å². The third kappa shape index (κ3) is 1.39. The molecule has 0 aliphatic heterocycles. The smallest absolute Gasteiger partial charge is 0.144 e. The highest BCUT2D eigenvalue weighted by atomic mass is 79.9. The zero-order valence-electron chi connectivity index (χ0n) is 9.22. The summed E-state index contributed by atoms with van der Waals surface area (Å²) < 4.78 is 2.02. The number of halogens is 1. The zero-order chi connectivity index (χ0) is 12.1. The van der Waals surface area contributed by atoms with Crippen molar-refractivity contribution in [1.82, 2.24) is 9.97 Å². The molecule has 0 N–H and O–H groups in total. The molecule has 0 fully saturated rings. The highest BCUT2D eigenvalue weighted by Crippen LogP contribution is 2.36. The Labute approximate surface area is 115 Å². The van der Waals surface area contributed by atoms with Crippen LogP contribution in [-0.4, -0.2) is 9.97 Å². The molecule has 2 heterocycles. The van der Waals surface area contributed by atoms with Crippen molar-refractivity contribution in [3.8, 4) is 0 Å². The summed E-state index contributed by atoms with van der Waals surface area (Å²) >= 11 is 5.06. The molecule has 0 saturated heterocycles. The van der Waals surface area contributed by atoms with Crippen molar-refractivity contribution in [1.29, 1.82) is 0 Å². The van der Waals surface area contributed by atoms with Crippen molar-refractivity contribution in [3.05, 3.63) is 47.2 Å². The molecule has 86 valence electrons. The molecule has 0 unspecified atom stereocenters. The van der Waals surface area contributed by atoms with Crippen molar-refractivity contribution in [2.75, 3.05) is 0 Å². The Balaban J connectivity index is 2.33. The molecule has 0 bridgehead atoms.